The van der Waals surface area contributed by atoms with Gasteiger partial charge in [0, 0.05) is 7.05 Å². The Kier molecular flexibility index (Phi) is 2.56. The molecule has 4 nitrogen and oxygen atoms in total. The van der Waals surface area contributed by atoms with E-state index in [2.05, 4.69) is 10.4 Å². The minimum absolute atomic E-state index is 0.0567. The average Bonchev–Trinajstić information content (AvgIpc) is 2.45. The Bertz CT molecular complexity index is 370. The molecule has 1 aliphatic carbocycles. The number of carbonyl (C=O) groups is 1. The number of halogens is 1. The Morgan fingerprint density at radius 2 is 2.33 bits per heavy atom. The number of Topliss-reactive ketones (excluding diaryl/α,β-unsaturated/α-hetero) is 1. The summed E-state index contributed by atoms with van der Waals surface area (Å²) in [6, 6.07) is 0. The first-order chi connectivity index (χ1) is 7.10. The summed E-state index contributed by atoms with van der Waals surface area (Å²) in [5.41, 5.74) is 0.1000. The first-order valence-electron chi connectivity index (χ1n) is 5.02. The highest BCUT2D eigenvalue weighted by Crippen LogP contribution is 2.35. The maximum absolute atomic E-state index is 12.3. The van der Waals surface area contributed by atoms with Crippen molar-refractivity contribution in [2.45, 2.75) is 24.8 Å². The zero-order valence-corrected chi connectivity index (χ0v) is 9.64. The number of likely N-dealkylation sites (N-methyl/N-ethyl adjacent to an activating group) is 1. The molecule has 5 heteroatoms. The third-order valence-corrected chi connectivity index (χ3v) is 3.51. The van der Waals surface area contributed by atoms with Gasteiger partial charge in [0.1, 0.15) is 5.69 Å². The molecule has 1 heterocycles. The molecule has 1 aromatic rings. The third-order valence-electron chi connectivity index (χ3n) is 3.23. The van der Waals surface area contributed by atoms with Crippen molar-refractivity contribution >= 4 is 17.4 Å². The van der Waals surface area contributed by atoms with Gasteiger partial charge >= 0.3 is 0 Å². The summed E-state index contributed by atoms with van der Waals surface area (Å²) in [5.74, 6) is 0.0567. The summed E-state index contributed by atoms with van der Waals surface area (Å²) in [4.78, 5) is 12.3. The average molecular weight is 228 g/mol. The first-order valence-corrected chi connectivity index (χ1v) is 5.40. The largest absolute Gasteiger partial charge is 0.308 e. The first kappa shape index (κ1) is 10.6. The van der Waals surface area contributed by atoms with Crippen LogP contribution in [0.15, 0.2) is 6.20 Å². The van der Waals surface area contributed by atoms with Gasteiger partial charge in [0.15, 0.2) is 0 Å². The molecule has 15 heavy (non-hydrogen) atoms. The van der Waals surface area contributed by atoms with Crippen molar-refractivity contribution in [1.82, 2.24) is 15.1 Å². The third kappa shape index (κ3) is 1.48. The molecule has 0 unspecified atom stereocenters. The van der Waals surface area contributed by atoms with E-state index >= 15 is 0 Å². The molecule has 82 valence electrons. The highest BCUT2D eigenvalue weighted by Gasteiger charge is 2.44. The summed E-state index contributed by atoms with van der Waals surface area (Å²) in [6.07, 6.45) is 4.35. The molecule has 1 aliphatic rings. The van der Waals surface area contributed by atoms with Crippen LogP contribution in [0.4, 0.5) is 0 Å². The second-order valence-corrected chi connectivity index (χ2v) is 4.39. The van der Waals surface area contributed by atoms with Crippen molar-refractivity contribution < 1.29 is 4.79 Å². The molecule has 0 spiro atoms. The van der Waals surface area contributed by atoms with Gasteiger partial charge in [0.25, 0.3) is 0 Å². The zero-order valence-electron chi connectivity index (χ0n) is 8.88. The predicted molar refractivity (Wildman–Crippen MR) is 58.2 cm³/mol. The van der Waals surface area contributed by atoms with Crippen LogP contribution in [-0.4, -0.2) is 28.2 Å². The zero-order chi connectivity index (χ0) is 11.1. The summed E-state index contributed by atoms with van der Waals surface area (Å²) >= 11 is 5.95. The summed E-state index contributed by atoms with van der Waals surface area (Å²) in [7, 11) is 3.56. The molecule has 0 aromatic carbocycles. The van der Waals surface area contributed by atoms with E-state index in [-0.39, 0.29) is 5.78 Å². The van der Waals surface area contributed by atoms with Gasteiger partial charge in [0.2, 0.25) is 5.78 Å². The number of hydrogen-bond acceptors (Lipinski definition) is 3. The van der Waals surface area contributed by atoms with Crippen molar-refractivity contribution in [2.24, 2.45) is 7.05 Å². The molecule has 0 atom stereocenters. The van der Waals surface area contributed by atoms with E-state index in [1.54, 1.807) is 11.7 Å². The quantitative estimate of drug-likeness (QED) is 0.795. The van der Waals surface area contributed by atoms with E-state index in [9.17, 15) is 4.79 Å². The number of rotatable bonds is 3. The van der Waals surface area contributed by atoms with Crippen LogP contribution < -0.4 is 5.32 Å². The smallest absolute Gasteiger partial charge is 0.202 e. The molecule has 2 rings (SSSR count). The topological polar surface area (TPSA) is 46.9 Å². The van der Waals surface area contributed by atoms with E-state index in [4.69, 9.17) is 11.6 Å². The van der Waals surface area contributed by atoms with E-state index in [1.165, 1.54) is 6.20 Å². The van der Waals surface area contributed by atoms with Crippen LogP contribution in [0, 0.1) is 0 Å². The van der Waals surface area contributed by atoms with Crippen LogP contribution in [0.5, 0.6) is 0 Å². The normalized spacial score (nSPS) is 18.6. The lowest BCUT2D eigenvalue weighted by Gasteiger charge is -2.39. The van der Waals surface area contributed by atoms with Crippen LogP contribution in [0.3, 0.4) is 0 Å². The summed E-state index contributed by atoms with van der Waals surface area (Å²) in [5, 5.41) is 7.52. The van der Waals surface area contributed by atoms with E-state index in [1.807, 2.05) is 7.05 Å². The Hall–Kier alpha value is -0.870. The number of nitrogens with zero attached hydrogens (tertiary/aromatic N) is 2. The fraction of sp³-hybridized carbons (Fsp3) is 0.600. The predicted octanol–water partition coefficient (Wildman–Crippen LogP) is 1.40. The lowest BCUT2D eigenvalue weighted by atomic mass is 9.73. The van der Waals surface area contributed by atoms with Crippen LogP contribution in [0.2, 0.25) is 5.02 Å². The van der Waals surface area contributed by atoms with E-state index < -0.39 is 5.54 Å². The second-order valence-electron chi connectivity index (χ2n) is 3.98. The monoisotopic (exact) mass is 227 g/mol. The summed E-state index contributed by atoms with van der Waals surface area (Å²) < 4.78 is 1.54. The highest BCUT2D eigenvalue weighted by atomic mass is 35.5. The van der Waals surface area contributed by atoms with Crippen molar-refractivity contribution in [1.29, 1.82) is 0 Å². The fourth-order valence-corrected chi connectivity index (χ4v) is 2.27. The number of hydrogen-bond donors (Lipinski definition) is 1. The van der Waals surface area contributed by atoms with Crippen molar-refractivity contribution in [3.05, 3.63) is 16.9 Å². The molecule has 0 aliphatic heterocycles. The number of carbonyl (C=O) groups excluding carboxylic acids is 1. The van der Waals surface area contributed by atoms with Crippen LogP contribution in [0.25, 0.3) is 0 Å². The molecule has 1 saturated carbocycles. The number of nitrogens with one attached hydrogen (secondary N) is 1. The van der Waals surface area contributed by atoms with Gasteiger partial charge < -0.3 is 5.32 Å². The van der Waals surface area contributed by atoms with Gasteiger partial charge in [0.05, 0.1) is 16.8 Å². The molecule has 0 bridgehead atoms. The lowest BCUT2D eigenvalue weighted by molar-refractivity contribution is 0.0735. The van der Waals surface area contributed by atoms with Crippen molar-refractivity contribution in [2.75, 3.05) is 7.05 Å². The van der Waals surface area contributed by atoms with E-state index in [0.717, 1.165) is 19.3 Å². The van der Waals surface area contributed by atoms with Gasteiger partial charge in [-0.15, -0.1) is 0 Å². The number of aromatic nitrogens is 2. The minimum Gasteiger partial charge on any atom is -0.308 e. The number of aryl methyl sites for hydroxylation is 1. The maximum atomic E-state index is 12.3. The molecular formula is C10H14ClN3O. The van der Waals surface area contributed by atoms with Crippen LogP contribution in [-0.2, 0) is 7.05 Å². The second kappa shape index (κ2) is 3.61. The minimum atomic E-state index is -0.405. The van der Waals surface area contributed by atoms with E-state index in [0.29, 0.717) is 10.7 Å². The highest BCUT2D eigenvalue weighted by molar-refractivity contribution is 6.34. The fourth-order valence-electron chi connectivity index (χ4n) is 2.01. The molecule has 0 radical (unpaired) electrons. The van der Waals surface area contributed by atoms with Gasteiger partial charge in [-0.3, -0.25) is 9.48 Å². The van der Waals surface area contributed by atoms with Crippen molar-refractivity contribution in [3.63, 3.8) is 0 Å². The SMILES string of the molecule is CNC1(C(=O)c2c(Cl)cnn2C)CCC1. The van der Waals surface area contributed by atoms with Gasteiger partial charge in [-0.2, -0.15) is 5.10 Å². The van der Waals surface area contributed by atoms with Gasteiger partial charge in [-0.1, -0.05) is 11.6 Å². The van der Waals surface area contributed by atoms with Crippen molar-refractivity contribution in [3.8, 4) is 0 Å². The molecule has 0 saturated heterocycles. The molecule has 1 N–H and O–H groups in total. The Morgan fingerprint density at radius 3 is 2.67 bits per heavy atom. The van der Waals surface area contributed by atoms with Crippen LogP contribution >= 0.6 is 11.6 Å². The maximum Gasteiger partial charge on any atom is 0.202 e. The molecule has 0 amide bonds. The molecule has 1 fully saturated rings. The number of ketones is 1. The Balaban J connectivity index is 2.35. The Labute approximate surface area is 93.6 Å². The lowest BCUT2D eigenvalue weighted by Crippen LogP contribution is -2.56. The van der Waals surface area contributed by atoms with Crippen LogP contribution in [0.1, 0.15) is 29.8 Å². The summed E-state index contributed by atoms with van der Waals surface area (Å²) in [6.45, 7) is 0. The molecule has 1 aromatic heterocycles. The molecular weight excluding hydrogens is 214 g/mol. The van der Waals surface area contributed by atoms with Gasteiger partial charge in [-0.25, -0.2) is 0 Å². The van der Waals surface area contributed by atoms with Gasteiger partial charge in [-0.05, 0) is 26.3 Å². The Morgan fingerprint density at radius 1 is 1.67 bits per heavy atom. The standard InChI is InChI=1S/C10H14ClN3O/c1-12-10(4-3-5-10)9(15)8-7(11)6-13-14(8)2/h6,12H,3-5H2,1-2H3.